The summed E-state index contributed by atoms with van der Waals surface area (Å²) >= 11 is 0. The zero-order chi connectivity index (χ0) is 13.0. The van der Waals surface area contributed by atoms with Gasteiger partial charge in [0.2, 0.25) is 0 Å². The van der Waals surface area contributed by atoms with E-state index in [9.17, 15) is 0 Å². The van der Waals surface area contributed by atoms with Gasteiger partial charge in [0.25, 0.3) is 0 Å². The van der Waals surface area contributed by atoms with E-state index in [0.717, 1.165) is 18.6 Å². The number of hydrogen-bond acceptors (Lipinski definition) is 1. The monoisotopic (exact) mass is 240 g/mol. The molecule has 0 aromatic heterocycles. The van der Waals surface area contributed by atoms with Crippen LogP contribution in [0.3, 0.4) is 0 Å². The van der Waals surface area contributed by atoms with Crippen LogP contribution in [0.2, 0.25) is 0 Å². The highest BCUT2D eigenvalue weighted by molar-refractivity contribution is 5.84. The maximum atomic E-state index is 5.24. The molecule has 2 aromatic rings. The molecule has 0 bridgehead atoms. The Hall–Kier alpha value is -1.76. The molecule has 0 N–H and O–H groups in total. The second-order valence-corrected chi connectivity index (χ2v) is 4.74. The fraction of sp³-hybridized carbons (Fsp3) is 0.294. The third-order valence-electron chi connectivity index (χ3n) is 3.44. The quantitative estimate of drug-likeness (QED) is 0.674. The molecule has 94 valence electrons. The Morgan fingerprint density at radius 2 is 1.89 bits per heavy atom. The second-order valence-electron chi connectivity index (χ2n) is 4.74. The molecule has 0 heterocycles. The summed E-state index contributed by atoms with van der Waals surface area (Å²) < 4.78 is 5.24. The predicted octanol–water partition coefficient (Wildman–Crippen LogP) is 4.92. The lowest BCUT2D eigenvalue weighted by molar-refractivity contribution is 0.415. The number of rotatable bonds is 5. The summed E-state index contributed by atoms with van der Waals surface area (Å²) in [5.74, 6) is 1.49. The minimum atomic E-state index is 0.578. The average molecular weight is 240 g/mol. The first-order valence-corrected chi connectivity index (χ1v) is 6.43. The summed E-state index contributed by atoms with van der Waals surface area (Å²) in [5, 5.41) is 2.51. The smallest absolute Gasteiger partial charge is 0.119 e. The van der Waals surface area contributed by atoms with E-state index in [4.69, 9.17) is 4.74 Å². The fourth-order valence-electron chi connectivity index (χ4n) is 2.21. The van der Waals surface area contributed by atoms with E-state index in [2.05, 4.69) is 43.8 Å². The highest BCUT2D eigenvalue weighted by Gasteiger charge is 2.05. The van der Waals surface area contributed by atoms with Crippen molar-refractivity contribution in [1.29, 1.82) is 0 Å². The Morgan fingerprint density at radius 1 is 1.17 bits per heavy atom. The van der Waals surface area contributed by atoms with E-state index in [1.54, 1.807) is 7.11 Å². The highest BCUT2D eigenvalue weighted by Crippen LogP contribution is 2.27. The van der Waals surface area contributed by atoms with Crippen molar-refractivity contribution < 1.29 is 4.74 Å². The standard InChI is InChI=1S/C17H20O/c1-4-5-6-13(2)14-7-8-16-12-17(18-3)10-9-15(16)11-14/h4,7-13H,1,5-6H2,2-3H3/t13-/m1/s1. The molecule has 0 aliphatic heterocycles. The van der Waals surface area contributed by atoms with Gasteiger partial charge in [-0.1, -0.05) is 37.3 Å². The van der Waals surface area contributed by atoms with Gasteiger partial charge >= 0.3 is 0 Å². The fourth-order valence-corrected chi connectivity index (χ4v) is 2.21. The summed E-state index contributed by atoms with van der Waals surface area (Å²) in [4.78, 5) is 0. The van der Waals surface area contributed by atoms with E-state index in [1.807, 2.05) is 12.1 Å². The van der Waals surface area contributed by atoms with Crippen molar-refractivity contribution in [3.8, 4) is 5.75 Å². The zero-order valence-electron chi connectivity index (χ0n) is 11.1. The van der Waals surface area contributed by atoms with Gasteiger partial charge < -0.3 is 4.74 Å². The van der Waals surface area contributed by atoms with Crippen LogP contribution in [0.5, 0.6) is 5.75 Å². The topological polar surface area (TPSA) is 9.23 Å². The van der Waals surface area contributed by atoms with Crippen molar-refractivity contribution in [2.45, 2.75) is 25.7 Å². The second kappa shape index (κ2) is 5.72. The Balaban J connectivity index is 2.29. The Kier molecular flexibility index (Phi) is 4.03. The van der Waals surface area contributed by atoms with Crippen LogP contribution in [0.4, 0.5) is 0 Å². The van der Waals surface area contributed by atoms with Crippen LogP contribution in [-0.2, 0) is 0 Å². The molecule has 0 aliphatic carbocycles. The normalized spacial score (nSPS) is 12.3. The summed E-state index contributed by atoms with van der Waals surface area (Å²) in [6, 6.07) is 12.9. The minimum Gasteiger partial charge on any atom is -0.497 e. The van der Waals surface area contributed by atoms with Crippen LogP contribution >= 0.6 is 0 Å². The molecule has 0 aliphatic rings. The molecule has 1 heteroatoms. The molecule has 0 amide bonds. The van der Waals surface area contributed by atoms with Gasteiger partial charge in [0.1, 0.15) is 5.75 Å². The molecule has 1 atom stereocenters. The SMILES string of the molecule is C=CCC[C@@H](C)c1ccc2cc(OC)ccc2c1. The third kappa shape index (κ3) is 2.73. The highest BCUT2D eigenvalue weighted by atomic mass is 16.5. The molecule has 0 saturated heterocycles. The van der Waals surface area contributed by atoms with Gasteiger partial charge in [-0.25, -0.2) is 0 Å². The van der Waals surface area contributed by atoms with E-state index >= 15 is 0 Å². The zero-order valence-corrected chi connectivity index (χ0v) is 11.1. The molecule has 2 aromatic carbocycles. The molecule has 2 rings (SSSR count). The summed E-state index contributed by atoms with van der Waals surface area (Å²) in [5.41, 5.74) is 1.40. The van der Waals surface area contributed by atoms with Gasteiger partial charge in [-0.2, -0.15) is 0 Å². The van der Waals surface area contributed by atoms with Crippen molar-refractivity contribution in [2.24, 2.45) is 0 Å². The van der Waals surface area contributed by atoms with E-state index in [0.29, 0.717) is 5.92 Å². The maximum Gasteiger partial charge on any atom is 0.119 e. The molecular weight excluding hydrogens is 220 g/mol. The Labute approximate surface area is 109 Å². The molecule has 18 heavy (non-hydrogen) atoms. The summed E-state index contributed by atoms with van der Waals surface area (Å²) in [7, 11) is 1.70. The van der Waals surface area contributed by atoms with Crippen LogP contribution in [0.1, 0.15) is 31.2 Å². The first kappa shape index (κ1) is 12.7. The lowest BCUT2D eigenvalue weighted by atomic mass is 9.94. The Bertz CT molecular complexity index is 542. The molecule has 0 spiro atoms. The largest absolute Gasteiger partial charge is 0.497 e. The first-order valence-electron chi connectivity index (χ1n) is 6.43. The van der Waals surface area contributed by atoms with E-state index < -0.39 is 0 Å². The van der Waals surface area contributed by atoms with Crippen LogP contribution in [-0.4, -0.2) is 7.11 Å². The molecular formula is C17H20O. The molecule has 0 saturated carbocycles. The molecule has 0 radical (unpaired) electrons. The van der Waals surface area contributed by atoms with E-state index in [1.165, 1.54) is 16.3 Å². The van der Waals surface area contributed by atoms with Crippen LogP contribution in [0, 0.1) is 0 Å². The number of fused-ring (bicyclic) bond motifs is 1. The summed E-state index contributed by atoms with van der Waals surface area (Å²) in [6.07, 6.45) is 4.22. The van der Waals surface area contributed by atoms with Gasteiger partial charge in [0.05, 0.1) is 7.11 Å². The maximum absolute atomic E-state index is 5.24. The lowest BCUT2D eigenvalue weighted by Gasteiger charge is -2.12. The molecule has 0 fully saturated rings. The van der Waals surface area contributed by atoms with Gasteiger partial charge in [0.15, 0.2) is 0 Å². The average Bonchev–Trinajstić information content (AvgIpc) is 2.43. The molecule has 0 unspecified atom stereocenters. The van der Waals surface area contributed by atoms with Crippen molar-refractivity contribution in [3.63, 3.8) is 0 Å². The summed E-state index contributed by atoms with van der Waals surface area (Å²) in [6.45, 7) is 6.05. The minimum absolute atomic E-state index is 0.578. The van der Waals surface area contributed by atoms with Gasteiger partial charge in [-0.15, -0.1) is 6.58 Å². The van der Waals surface area contributed by atoms with Crippen molar-refractivity contribution in [1.82, 2.24) is 0 Å². The van der Waals surface area contributed by atoms with Gasteiger partial charge in [-0.05, 0) is 47.2 Å². The van der Waals surface area contributed by atoms with Crippen LogP contribution in [0.25, 0.3) is 10.8 Å². The lowest BCUT2D eigenvalue weighted by Crippen LogP contribution is -1.93. The molecule has 1 nitrogen and oxygen atoms in total. The number of ether oxygens (including phenoxy) is 1. The predicted molar refractivity (Wildman–Crippen MR) is 78.3 cm³/mol. The van der Waals surface area contributed by atoms with Crippen molar-refractivity contribution in [2.75, 3.05) is 7.11 Å². The Morgan fingerprint density at radius 3 is 2.61 bits per heavy atom. The number of hydrogen-bond donors (Lipinski definition) is 0. The van der Waals surface area contributed by atoms with Crippen LogP contribution in [0.15, 0.2) is 49.1 Å². The first-order chi connectivity index (χ1) is 8.74. The van der Waals surface area contributed by atoms with Gasteiger partial charge in [0, 0.05) is 0 Å². The number of methoxy groups -OCH3 is 1. The van der Waals surface area contributed by atoms with Crippen molar-refractivity contribution >= 4 is 10.8 Å². The van der Waals surface area contributed by atoms with Crippen molar-refractivity contribution in [3.05, 3.63) is 54.6 Å². The number of benzene rings is 2. The number of allylic oxidation sites excluding steroid dienone is 1. The van der Waals surface area contributed by atoms with Gasteiger partial charge in [-0.3, -0.25) is 0 Å². The van der Waals surface area contributed by atoms with E-state index in [-0.39, 0.29) is 0 Å². The van der Waals surface area contributed by atoms with Crippen LogP contribution < -0.4 is 4.74 Å². The third-order valence-corrected chi connectivity index (χ3v) is 3.44.